The number of hydrogen-bond donors (Lipinski definition) is 1. The van der Waals surface area contributed by atoms with Gasteiger partial charge in [0.25, 0.3) is 5.91 Å². The SMILES string of the molecule is N#Cc1cccc(C(=O)Nc2cc(Br)ccc2N2CCOCC2)c1. The quantitative estimate of drug-likeness (QED) is 0.878. The second kappa shape index (κ2) is 7.47. The number of anilines is 2. The minimum absolute atomic E-state index is 0.236. The number of nitrogens with one attached hydrogen (secondary N) is 1. The normalized spacial score (nSPS) is 14.1. The molecule has 122 valence electrons. The lowest BCUT2D eigenvalue weighted by molar-refractivity contribution is 0.102. The van der Waals surface area contributed by atoms with E-state index < -0.39 is 0 Å². The highest BCUT2D eigenvalue weighted by Crippen LogP contribution is 2.30. The largest absolute Gasteiger partial charge is 0.378 e. The van der Waals surface area contributed by atoms with Crippen molar-refractivity contribution in [1.82, 2.24) is 0 Å². The smallest absolute Gasteiger partial charge is 0.255 e. The van der Waals surface area contributed by atoms with Gasteiger partial charge in [-0.05, 0) is 36.4 Å². The van der Waals surface area contributed by atoms with E-state index in [9.17, 15) is 4.79 Å². The molecule has 2 aromatic carbocycles. The average molecular weight is 386 g/mol. The van der Waals surface area contributed by atoms with E-state index in [-0.39, 0.29) is 5.91 Å². The average Bonchev–Trinajstić information content (AvgIpc) is 2.62. The van der Waals surface area contributed by atoms with Crippen LogP contribution in [0, 0.1) is 11.3 Å². The predicted molar refractivity (Wildman–Crippen MR) is 96.3 cm³/mol. The lowest BCUT2D eigenvalue weighted by Gasteiger charge is -2.30. The van der Waals surface area contributed by atoms with Gasteiger partial charge in [0.2, 0.25) is 0 Å². The summed E-state index contributed by atoms with van der Waals surface area (Å²) in [6.45, 7) is 2.92. The van der Waals surface area contributed by atoms with Crippen molar-refractivity contribution in [3.63, 3.8) is 0 Å². The Morgan fingerprint density at radius 2 is 2.00 bits per heavy atom. The van der Waals surface area contributed by atoms with Crippen LogP contribution in [0.15, 0.2) is 46.9 Å². The maximum Gasteiger partial charge on any atom is 0.255 e. The van der Waals surface area contributed by atoms with Crippen molar-refractivity contribution in [2.75, 3.05) is 36.5 Å². The molecule has 0 atom stereocenters. The Kier molecular flexibility index (Phi) is 5.14. The van der Waals surface area contributed by atoms with Crippen LogP contribution in [0.25, 0.3) is 0 Å². The third-order valence-electron chi connectivity index (χ3n) is 3.81. The summed E-state index contributed by atoms with van der Waals surface area (Å²) in [5.41, 5.74) is 2.62. The molecule has 1 aliphatic rings. The van der Waals surface area contributed by atoms with E-state index in [1.54, 1.807) is 24.3 Å². The summed E-state index contributed by atoms with van der Waals surface area (Å²) in [6.07, 6.45) is 0. The predicted octanol–water partition coefficient (Wildman–Crippen LogP) is 3.41. The molecule has 0 radical (unpaired) electrons. The third-order valence-corrected chi connectivity index (χ3v) is 4.31. The maximum absolute atomic E-state index is 12.5. The summed E-state index contributed by atoms with van der Waals surface area (Å²) in [5.74, 6) is -0.236. The first-order chi connectivity index (χ1) is 11.7. The molecule has 0 aliphatic carbocycles. The second-order valence-corrected chi connectivity index (χ2v) is 6.32. The monoisotopic (exact) mass is 385 g/mol. The molecular formula is C18H16BrN3O2. The van der Waals surface area contributed by atoms with E-state index in [2.05, 4.69) is 26.1 Å². The molecule has 0 unspecified atom stereocenters. The molecule has 2 aromatic rings. The molecule has 3 rings (SSSR count). The van der Waals surface area contributed by atoms with E-state index in [4.69, 9.17) is 10.00 Å². The minimum atomic E-state index is -0.236. The Morgan fingerprint density at radius 3 is 2.75 bits per heavy atom. The van der Waals surface area contributed by atoms with E-state index in [0.717, 1.165) is 28.9 Å². The number of ether oxygens (including phenoxy) is 1. The van der Waals surface area contributed by atoms with Gasteiger partial charge in [-0.1, -0.05) is 22.0 Å². The van der Waals surface area contributed by atoms with Gasteiger partial charge >= 0.3 is 0 Å². The zero-order valence-electron chi connectivity index (χ0n) is 13.0. The molecule has 0 aromatic heterocycles. The lowest BCUT2D eigenvalue weighted by atomic mass is 10.1. The summed E-state index contributed by atoms with van der Waals surface area (Å²) in [5, 5.41) is 11.9. The van der Waals surface area contributed by atoms with Crippen LogP contribution >= 0.6 is 15.9 Å². The van der Waals surface area contributed by atoms with E-state index in [1.807, 2.05) is 24.3 Å². The van der Waals surface area contributed by atoms with Crippen molar-refractivity contribution in [3.05, 3.63) is 58.1 Å². The van der Waals surface area contributed by atoms with E-state index in [1.165, 1.54) is 0 Å². The van der Waals surface area contributed by atoms with Crippen LogP contribution in [-0.4, -0.2) is 32.2 Å². The summed E-state index contributed by atoms with van der Waals surface area (Å²) >= 11 is 3.45. The summed E-state index contributed by atoms with van der Waals surface area (Å²) in [6, 6.07) is 14.5. The highest BCUT2D eigenvalue weighted by molar-refractivity contribution is 9.10. The van der Waals surface area contributed by atoms with Crippen molar-refractivity contribution in [2.24, 2.45) is 0 Å². The van der Waals surface area contributed by atoms with Crippen LogP contribution in [0.5, 0.6) is 0 Å². The van der Waals surface area contributed by atoms with Crippen molar-refractivity contribution in [1.29, 1.82) is 5.26 Å². The fourth-order valence-electron chi connectivity index (χ4n) is 2.61. The number of carbonyl (C=O) groups excluding carboxylic acids is 1. The van der Waals surface area contributed by atoms with Gasteiger partial charge in [-0.3, -0.25) is 4.79 Å². The summed E-state index contributed by atoms with van der Waals surface area (Å²) in [4.78, 5) is 14.7. The van der Waals surface area contributed by atoms with Gasteiger partial charge in [-0.2, -0.15) is 5.26 Å². The number of halogens is 1. The molecule has 1 heterocycles. The highest BCUT2D eigenvalue weighted by atomic mass is 79.9. The molecule has 1 fully saturated rings. The van der Waals surface area contributed by atoms with E-state index >= 15 is 0 Å². The van der Waals surface area contributed by atoms with Crippen molar-refractivity contribution < 1.29 is 9.53 Å². The molecule has 24 heavy (non-hydrogen) atoms. The molecule has 1 aliphatic heterocycles. The Hall–Kier alpha value is -2.36. The van der Waals surface area contributed by atoms with Crippen LogP contribution in [-0.2, 0) is 4.74 Å². The topological polar surface area (TPSA) is 65.4 Å². The number of carbonyl (C=O) groups is 1. The second-order valence-electron chi connectivity index (χ2n) is 5.41. The van der Waals surface area contributed by atoms with Crippen molar-refractivity contribution in [3.8, 4) is 6.07 Å². The minimum Gasteiger partial charge on any atom is -0.378 e. The molecule has 5 nitrogen and oxygen atoms in total. The Bertz CT molecular complexity index is 795. The Labute approximate surface area is 149 Å². The van der Waals surface area contributed by atoms with Gasteiger partial charge in [0.1, 0.15) is 0 Å². The Morgan fingerprint density at radius 1 is 1.21 bits per heavy atom. The van der Waals surface area contributed by atoms with Crippen LogP contribution in [0.3, 0.4) is 0 Å². The third kappa shape index (κ3) is 3.75. The number of hydrogen-bond acceptors (Lipinski definition) is 4. The fraction of sp³-hybridized carbons (Fsp3) is 0.222. The van der Waals surface area contributed by atoms with Gasteiger partial charge in [-0.15, -0.1) is 0 Å². The standard InChI is InChI=1S/C18H16BrN3O2/c19-15-4-5-17(22-6-8-24-9-7-22)16(11-15)21-18(23)14-3-1-2-13(10-14)12-20/h1-5,10-11H,6-9H2,(H,21,23). The molecule has 1 amide bonds. The maximum atomic E-state index is 12.5. The zero-order valence-corrected chi connectivity index (χ0v) is 14.5. The van der Waals surface area contributed by atoms with Crippen LogP contribution in [0.2, 0.25) is 0 Å². The molecule has 6 heteroatoms. The fourth-order valence-corrected chi connectivity index (χ4v) is 2.97. The van der Waals surface area contributed by atoms with Crippen LogP contribution in [0.4, 0.5) is 11.4 Å². The van der Waals surface area contributed by atoms with Gasteiger partial charge in [0.05, 0.1) is 36.2 Å². The number of nitrogens with zero attached hydrogens (tertiary/aromatic N) is 2. The van der Waals surface area contributed by atoms with Crippen LogP contribution < -0.4 is 10.2 Å². The number of amides is 1. The van der Waals surface area contributed by atoms with Gasteiger partial charge in [0, 0.05) is 23.1 Å². The summed E-state index contributed by atoms with van der Waals surface area (Å²) in [7, 11) is 0. The summed E-state index contributed by atoms with van der Waals surface area (Å²) < 4.78 is 6.28. The van der Waals surface area contributed by atoms with Gasteiger partial charge in [0.15, 0.2) is 0 Å². The molecule has 0 spiro atoms. The number of morpholine rings is 1. The Balaban J connectivity index is 1.87. The van der Waals surface area contributed by atoms with Gasteiger partial charge < -0.3 is 15.0 Å². The molecule has 0 saturated carbocycles. The zero-order chi connectivity index (χ0) is 16.9. The first-order valence-corrected chi connectivity index (χ1v) is 8.40. The number of benzene rings is 2. The van der Waals surface area contributed by atoms with Crippen molar-refractivity contribution >= 4 is 33.2 Å². The van der Waals surface area contributed by atoms with Crippen LogP contribution in [0.1, 0.15) is 15.9 Å². The van der Waals surface area contributed by atoms with Gasteiger partial charge in [-0.25, -0.2) is 0 Å². The molecule has 1 N–H and O–H groups in total. The highest BCUT2D eigenvalue weighted by Gasteiger charge is 2.17. The first-order valence-electron chi connectivity index (χ1n) is 7.61. The molecular weight excluding hydrogens is 370 g/mol. The van der Waals surface area contributed by atoms with E-state index in [0.29, 0.717) is 24.3 Å². The number of rotatable bonds is 3. The molecule has 1 saturated heterocycles. The number of nitriles is 1. The van der Waals surface area contributed by atoms with Crippen molar-refractivity contribution in [2.45, 2.75) is 0 Å². The molecule has 0 bridgehead atoms. The first kappa shape index (κ1) is 16.5. The lowest BCUT2D eigenvalue weighted by Crippen LogP contribution is -2.36.